The molecule has 0 atom stereocenters. The highest BCUT2D eigenvalue weighted by Gasteiger charge is 2.12. The van der Waals surface area contributed by atoms with E-state index in [9.17, 15) is 0 Å². The van der Waals surface area contributed by atoms with Crippen molar-refractivity contribution in [3.63, 3.8) is 0 Å². The van der Waals surface area contributed by atoms with E-state index in [0.29, 0.717) is 16.7 Å². The SMILES string of the molecule is NC(=S)c1cccc(NC2CCCCCC2)n1. The van der Waals surface area contributed by atoms with Crippen LogP contribution in [0.5, 0.6) is 0 Å². The van der Waals surface area contributed by atoms with Crippen LogP contribution in [0.15, 0.2) is 18.2 Å². The predicted molar refractivity (Wildman–Crippen MR) is 75.2 cm³/mol. The molecule has 0 amide bonds. The van der Waals surface area contributed by atoms with E-state index in [2.05, 4.69) is 10.3 Å². The molecule has 1 aromatic heterocycles. The van der Waals surface area contributed by atoms with Gasteiger partial charge in [0.1, 0.15) is 10.8 Å². The molecular weight excluding hydrogens is 230 g/mol. The Balaban J connectivity index is 2.01. The molecule has 0 bridgehead atoms. The Morgan fingerprint density at radius 3 is 2.59 bits per heavy atom. The minimum atomic E-state index is 0.356. The number of anilines is 1. The van der Waals surface area contributed by atoms with Crippen LogP contribution in [-0.2, 0) is 0 Å². The Morgan fingerprint density at radius 2 is 1.94 bits per heavy atom. The number of nitrogens with zero attached hydrogens (tertiary/aromatic N) is 1. The molecule has 3 N–H and O–H groups in total. The number of thiocarbonyl (C=S) groups is 1. The minimum Gasteiger partial charge on any atom is -0.388 e. The molecular formula is C13H19N3S. The van der Waals surface area contributed by atoms with Crippen LogP contribution >= 0.6 is 12.2 Å². The molecule has 1 saturated carbocycles. The first-order valence-corrected chi connectivity index (χ1v) is 6.70. The largest absolute Gasteiger partial charge is 0.388 e. The number of hydrogen-bond donors (Lipinski definition) is 2. The van der Waals surface area contributed by atoms with Crippen LogP contribution in [0.25, 0.3) is 0 Å². The number of aromatic nitrogens is 1. The van der Waals surface area contributed by atoms with Crippen molar-refractivity contribution in [2.45, 2.75) is 44.6 Å². The maximum absolute atomic E-state index is 5.58. The second-order valence-corrected chi connectivity index (χ2v) is 5.04. The van der Waals surface area contributed by atoms with Gasteiger partial charge in [-0.3, -0.25) is 0 Å². The first kappa shape index (κ1) is 12.3. The number of nitrogens with one attached hydrogen (secondary N) is 1. The molecule has 4 heteroatoms. The summed E-state index contributed by atoms with van der Waals surface area (Å²) in [5.74, 6) is 0.891. The smallest absolute Gasteiger partial charge is 0.126 e. The quantitative estimate of drug-likeness (QED) is 0.639. The fraction of sp³-hybridized carbons (Fsp3) is 0.538. The highest BCUT2D eigenvalue weighted by atomic mass is 32.1. The average molecular weight is 249 g/mol. The zero-order valence-electron chi connectivity index (χ0n) is 9.98. The van der Waals surface area contributed by atoms with E-state index in [1.54, 1.807) is 0 Å². The van der Waals surface area contributed by atoms with Gasteiger partial charge in [0.25, 0.3) is 0 Å². The molecule has 0 unspecified atom stereocenters. The van der Waals surface area contributed by atoms with E-state index in [1.807, 2.05) is 18.2 Å². The van der Waals surface area contributed by atoms with Gasteiger partial charge in [-0.1, -0.05) is 44.0 Å². The van der Waals surface area contributed by atoms with E-state index in [-0.39, 0.29) is 0 Å². The highest BCUT2D eigenvalue weighted by molar-refractivity contribution is 7.80. The van der Waals surface area contributed by atoms with Gasteiger partial charge in [-0.25, -0.2) is 4.98 Å². The summed E-state index contributed by atoms with van der Waals surface area (Å²) in [7, 11) is 0. The Morgan fingerprint density at radius 1 is 1.24 bits per heavy atom. The maximum atomic E-state index is 5.58. The minimum absolute atomic E-state index is 0.356. The Hall–Kier alpha value is -1.16. The zero-order valence-corrected chi connectivity index (χ0v) is 10.8. The number of nitrogens with two attached hydrogens (primary N) is 1. The summed E-state index contributed by atoms with van der Waals surface area (Å²) in [6.07, 6.45) is 7.81. The molecule has 1 heterocycles. The van der Waals surface area contributed by atoms with Crippen LogP contribution < -0.4 is 11.1 Å². The number of pyridine rings is 1. The van der Waals surface area contributed by atoms with Gasteiger partial charge >= 0.3 is 0 Å². The summed E-state index contributed by atoms with van der Waals surface area (Å²) >= 11 is 4.94. The van der Waals surface area contributed by atoms with E-state index >= 15 is 0 Å². The predicted octanol–water partition coefficient (Wildman–Crippen LogP) is 2.85. The van der Waals surface area contributed by atoms with E-state index in [4.69, 9.17) is 18.0 Å². The molecule has 2 rings (SSSR count). The summed E-state index contributed by atoms with van der Waals surface area (Å²) in [4.78, 5) is 4.78. The molecule has 92 valence electrons. The lowest BCUT2D eigenvalue weighted by atomic mass is 10.1. The van der Waals surface area contributed by atoms with Crippen LogP contribution in [0, 0.1) is 0 Å². The van der Waals surface area contributed by atoms with Gasteiger partial charge in [0.2, 0.25) is 0 Å². The topological polar surface area (TPSA) is 50.9 Å². The lowest BCUT2D eigenvalue weighted by Crippen LogP contribution is -2.20. The normalized spacial score (nSPS) is 17.4. The third kappa shape index (κ3) is 3.66. The molecule has 0 radical (unpaired) electrons. The van der Waals surface area contributed by atoms with Crippen molar-refractivity contribution >= 4 is 23.0 Å². The molecule has 1 fully saturated rings. The van der Waals surface area contributed by atoms with Crippen molar-refractivity contribution in [3.8, 4) is 0 Å². The van der Waals surface area contributed by atoms with Gasteiger partial charge in [0.15, 0.2) is 0 Å². The van der Waals surface area contributed by atoms with Crippen molar-refractivity contribution in [3.05, 3.63) is 23.9 Å². The van der Waals surface area contributed by atoms with E-state index < -0.39 is 0 Å². The second kappa shape index (κ2) is 5.96. The molecule has 0 aliphatic heterocycles. The molecule has 1 aliphatic carbocycles. The maximum Gasteiger partial charge on any atom is 0.126 e. The summed E-state index contributed by atoms with van der Waals surface area (Å²) in [5.41, 5.74) is 6.28. The standard InChI is InChI=1S/C13H19N3S/c14-13(17)11-8-5-9-12(16-11)15-10-6-3-1-2-4-7-10/h5,8-10H,1-4,6-7H2,(H2,14,17)(H,15,16). The fourth-order valence-corrected chi connectivity index (χ4v) is 2.40. The van der Waals surface area contributed by atoms with Gasteiger partial charge in [-0.05, 0) is 25.0 Å². The number of hydrogen-bond acceptors (Lipinski definition) is 3. The Labute approximate surface area is 108 Å². The van der Waals surface area contributed by atoms with Crippen molar-refractivity contribution < 1.29 is 0 Å². The monoisotopic (exact) mass is 249 g/mol. The van der Waals surface area contributed by atoms with Crippen LogP contribution in [0.4, 0.5) is 5.82 Å². The summed E-state index contributed by atoms with van der Waals surface area (Å²) in [5, 5.41) is 3.49. The number of rotatable bonds is 3. The average Bonchev–Trinajstić information content (AvgIpc) is 2.58. The Bertz CT molecular complexity index is 384. The molecule has 17 heavy (non-hydrogen) atoms. The second-order valence-electron chi connectivity index (χ2n) is 4.61. The first-order valence-electron chi connectivity index (χ1n) is 6.29. The zero-order chi connectivity index (χ0) is 12.1. The van der Waals surface area contributed by atoms with Gasteiger partial charge in [0.05, 0.1) is 5.69 Å². The van der Waals surface area contributed by atoms with Crippen molar-refractivity contribution in [2.75, 3.05) is 5.32 Å². The molecule has 3 nitrogen and oxygen atoms in total. The lowest BCUT2D eigenvalue weighted by molar-refractivity contribution is 0.617. The van der Waals surface area contributed by atoms with Gasteiger partial charge in [-0.2, -0.15) is 0 Å². The highest BCUT2D eigenvalue weighted by Crippen LogP contribution is 2.20. The summed E-state index contributed by atoms with van der Waals surface area (Å²) in [6, 6.07) is 6.32. The third-order valence-electron chi connectivity index (χ3n) is 3.21. The van der Waals surface area contributed by atoms with Crippen LogP contribution in [-0.4, -0.2) is 16.0 Å². The molecule has 0 spiro atoms. The lowest BCUT2D eigenvalue weighted by Gasteiger charge is -2.17. The van der Waals surface area contributed by atoms with E-state index in [0.717, 1.165) is 5.82 Å². The molecule has 1 aliphatic rings. The molecule has 1 aromatic rings. The van der Waals surface area contributed by atoms with E-state index in [1.165, 1.54) is 38.5 Å². The van der Waals surface area contributed by atoms with Crippen LogP contribution in [0.3, 0.4) is 0 Å². The first-order chi connectivity index (χ1) is 8.25. The van der Waals surface area contributed by atoms with Crippen molar-refractivity contribution in [1.29, 1.82) is 0 Å². The molecule has 0 aromatic carbocycles. The molecule has 0 saturated heterocycles. The third-order valence-corrected chi connectivity index (χ3v) is 3.42. The Kier molecular flexibility index (Phi) is 4.31. The van der Waals surface area contributed by atoms with Crippen molar-refractivity contribution in [1.82, 2.24) is 4.98 Å². The van der Waals surface area contributed by atoms with Gasteiger partial charge in [-0.15, -0.1) is 0 Å². The van der Waals surface area contributed by atoms with Crippen molar-refractivity contribution in [2.24, 2.45) is 5.73 Å². The van der Waals surface area contributed by atoms with Gasteiger partial charge < -0.3 is 11.1 Å². The van der Waals surface area contributed by atoms with Crippen LogP contribution in [0.1, 0.15) is 44.2 Å². The van der Waals surface area contributed by atoms with Gasteiger partial charge in [0, 0.05) is 6.04 Å². The summed E-state index contributed by atoms with van der Waals surface area (Å²) in [6.45, 7) is 0. The van der Waals surface area contributed by atoms with Crippen LogP contribution in [0.2, 0.25) is 0 Å². The summed E-state index contributed by atoms with van der Waals surface area (Å²) < 4.78 is 0. The fourth-order valence-electron chi connectivity index (χ4n) is 2.29.